The number of carbonyl (C=O) groups excluding carboxylic acids is 1. The van der Waals surface area contributed by atoms with Crippen molar-refractivity contribution >= 4 is 5.91 Å². The lowest BCUT2D eigenvalue weighted by molar-refractivity contribution is -0.127. The second kappa shape index (κ2) is 8.97. The molecular weight excluding hydrogens is 324 g/mol. The van der Waals surface area contributed by atoms with E-state index in [2.05, 4.69) is 28.8 Å². The van der Waals surface area contributed by atoms with Crippen LogP contribution in [0.2, 0.25) is 0 Å². The van der Waals surface area contributed by atoms with Crippen molar-refractivity contribution < 1.29 is 9.53 Å². The Hall–Kier alpha value is -2.17. The maximum atomic E-state index is 12.9. The molecule has 3 atom stereocenters. The summed E-state index contributed by atoms with van der Waals surface area (Å²) >= 11 is 0. The van der Waals surface area contributed by atoms with Crippen LogP contribution >= 0.6 is 0 Å². The largest absolute Gasteiger partial charge is 0.372 e. The number of likely N-dealkylation sites (N-methyl/N-ethyl adjacent to an activating group) is 1. The number of carbonyl (C=O) groups is 1. The van der Waals surface area contributed by atoms with E-state index in [1.807, 2.05) is 43.3 Å². The minimum Gasteiger partial charge on any atom is -0.372 e. The number of nitrogens with one attached hydrogen (secondary N) is 2. The molecule has 0 aliphatic heterocycles. The summed E-state index contributed by atoms with van der Waals surface area (Å²) < 4.78 is 5.94. The fourth-order valence-corrected chi connectivity index (χ4v) is 3.64. The number of benzene rings is 2. The minimum atomic E-state index is -0.382. The molecule has 3 unspecified atom stereocenters. The molecule has 0 bridgehead atoms. The Labute approximate surface area is 156 Å². The highest BCUT2D eigenvalue weighted by Gasteiger charge is 2.28. The number of amides is 1. The highest BCUT2D eigenvalue weighted by molar-refractivity contribution is 5.82. The van der Waals surface area contributed by atoms with Crippen LogP contribution in [0.1, 0.15) is 42.5 Å². The van der Waals surface area contributed by atoms with Crippen molar-refractivity contribution in [2.24, 2.45) is 0 Å². The van der Waals surface area contributed by atoms with Gasteiger partial charge in [-0.1, -0.05) is 54.6 Å². The topological polar surface area (TPSA) is 50.4 Å². The van der Waals surface area contributed by atoms with Crippen LogP contribution in [0.25, 0.3) is 0 Å². The Morgan fingerprint density at radius 2 is 1.88 bits per heavy atom. The quantitative estimate of drug-likeness (QED) is 0.803. The zero-order chi connectivity index (χ0) is 18.4. The van der Waals surface area contributed by atoms with E-state index >= 15 is 0 Å². The lowest BCUT2D eigenvalue weighted by atomic mass is 9.87. The molecule has 26 heavy (non-hydrogen) atoms. The molecule has 0 saturated heterocycles. The van der Waals surface area contributed by atoms with E-state index < -0.39 is 0 Å². The molecule has 0 spiro atoms. The van der Waals surface area contributed by atoms with E-state index in [4.69, 9.17) is 4.74 Å². The first-order valence-corrected chi connectivity index (χ1v) is 9.40. The summed E-state index contributed by atoms with van der Waals surface area (Å²) in [5.41, 5.74) is 3.70. The predicted molar refractivity (Wildman–Crippen MR) is 104 cm³/mol. The summed E-state index contributed by atoms with van der Waals surface area (Å²) in [4.78, 5) is 12.9. The first-order valence-electron chi connectivity index (χ1n) is 9.40. The molecule has 3 rings (SSSR count). The van der Waals surface area contributed by atoms with Crippen LogP contribution in [0.5, 0.6) is 0 Å². The van der Waals surface area contributed by atoms with Gasteiger partial charge in [0.15, 0.2) is 0 Å². The maximum absolute atomic E-state index is 12.9. The first kappa shape index (κ1) is 18.6. The van der Waals surface area contributed by atoms with Gasteiger partial charge >= 0.3 is 0 Å². The molecule has 0 fully saturated rings. The van der Waals surface area contributed by atoms with Gasteiger partial charge in [-0.2, -0.15) is 0 Å². The Morgan fingerprint density at radius 3 is 2.65 bits per heavy atom. The molecule has 2 N–H and O–H groups in total. The van der Waals surface area contributed by atoms with Gasteiger partial charge in [0.25, 0.3) is 0 Å². The van der Waals surface area contributed by atoms with Crippen LogP contribution in [0, 0.1) is 0 Å². The summed E-state index contributed by atoms with van der Waals surface area (Å²) in [5, 5.41) is 6.34. The number of ether oxygens (including phenoxy) is 1. The van der Waals surface area contributed by atoms with Crippen LogP contribution in [-0.2, 0) is 22.6 Å². The molecule has 0 saturated carbocycles. The van der Waals surface area contributed by atoms with E-state index in [-0.39, 0.29) is 24.1 Å². The van der Waals surface area contributed by atoms with Gasteiger partial charge in [0.1, 0.15) is 6.04 Å². The second-order valence-electron chi connectivity index (χ2n) is 6.92. The van der Waals surface area contributed by atoms with Gasteiger partial charge in [-0.3, -0.25) is 4.79 Å². The molecular formula is C22H28N2O2. The third kappa shape index (κ3) is 4.51. The highest BCUT2D eigenvalue weighted by atomic mass is 16.5. The fourth-order valence-electron chi connectivity index (χ4n) is 3.64. The van der Waals surface area contributed by atoms with Gasteiger partial charge in [-0.05, 0) is 49.9 Å². The van der Waals surface area contributed by atoms with Crippen molar-refractivity contribution in [3.63, 3.8) is 0 Å². The SMILES string of the molecule is CNC(C(=O)NC1CCCc2ccccc21)C(C)OCc1ccccc1. The van der Waals surface area contributed by atoms with Gasteiger partial charge in [-0.25, -0.2) is 0 Å². The van der Waals surface area contributed by atoms with Gasteiger partial charge < -0.3 is 15.4 Å². The number of aryl methyl sites for hydroxylation is 1. The number of fused-ring (bicyclic) bond motifs is 1. The molecule has 0 heterocycles. The van der Waals surface area contributed by atoms with Crippen molar-refractivity contribution in [1.29, 1.82) is 0 Å². The van der Waals surface area contributed by atoms with Crippen molar-refractivity contribution in [2.75, 3.05) is 7.05 Å². The minimum absolute atomic E-state index is 0.00485. The Bertz CT molecular complexity index is 717. The molecule has 1 aliphatic rings. The molecule has 4 nitrogen and oxygen atoms in total. The molecule has 0 aromatic heterocycles. The van der Waals surface area contributed by atoms with Crippen molar-refractivity contribution in [3.05, 3.63) is 71.3 Å². The molecule has 2 aromatic rings. The summed E-state index contributed by atoms with van der Waals surface area (Å²) in [6.07, 6.45) is 2.96. The van der Waals surface area contributed by atoms with Gasteiger partial charge in [-0.15, -0.1) is 0 Å². The van der Waals surface area contributed by atoms with E-state index in [1.165, 1.54) is 11.1 Å². The third-order valence-corrected chi connectivity index (χ3v) is 5.10. The Kier molecular flexibility index (Phi) is 6.42. The van der Waals surface area contributed by atoms with Gasteiger partial charge in [0.05, 0.1) is 18.8 Å². The first-order chi connectivity index (χ1) is 12.7. The van der Waals surface area contributed by atoms with Crippen LogP contribution in [0.15, 0.2) is 54.6 Å². The van der Waals surface area contributed by atoms with Crippen molar-refractivity contribution in [1.82, 2.24) is 10.6 Å². The normalized spacial score (nSPS) is 18.6. The summed E-state index contributed by atoms with van der Waals surface area (Å²) in [7, 11) is 1.81. The van der Waals surface area contributed by atoms with Crippen LogP contribution < -0.4 is 10.6 Å². The zero-order valence-electron chi connectivity index (χ0n) is 15.6. The number of hydrogen-bond donors (Lipinski definition) is 2. The average Bonchev–Trinajstić information content (AvgIpc) is 2.68. The fraction of sp³-hybridized carbons (Fsp3) is 0.409. The average molecular weight is 352 g/mol. The standard InChI is InChI=1S/C22H28N2O2/c1-16(26-15-17-9-4-3-5-10-17)21(23-2)22(25)24-20-14-8-12-18-11-6-7-13-19(18)20/h3-7,9-11,13,16,20-21,23H,8,12,14-15H2,1-2H3,(H,24,25). The summed E-state index contributed by atoms with van der Waals surface area (Å²) in [6, 6.07) is 18.1. The molecule has 0 radical (unpaired) electrons. The van der Waals surface area contributed by atoms with E-state index in [0.29, 0.717) is 6.61 Å². The molecule has 1 amide bonds. The van der Waals surface area contributed by atoms with E-state index in [9.17, 15) is 4.79 Å². The molecule has 1 aliphatic carbocycles. The number of rotatable bonds is 7. The smallest absolute Gasteiger partial charge is 0.240 e. The molecule has 138 valence electrons. The van der Waals surface area contributed by atoms with Gasteiger partial charge in [0.2, 0.25) is 5.91 Å². The lowest BCUT2D eigenvalue weighted by Crippen LogP contribution is -2.50. The second-order valence-corrected chi connectivity index (χ2v) is 6.92. The maximum Gasteiger partial charge on any atom is 0.240 e. The van der Waals surface area contributed by atoms with E-state index in [1.54, 1.807) is 7.05 Å². The van der Waals surface area contributed by atoms with Crippen LogP contribution in [0.3, 0.4) is 0 Å². The number of hydrogen-bond acceptors (Lipinski definition) is 3. The van der Waals surface area contributed by atoms with Crippen LogP contribution in [-0.4, -0.2) is 25.1 Å². The van der Waals surface area contributed by atoms with Gasteiger partial charge in [0, 0.05) is 0 Å². The third-order valence-electron chi connectivity index (χ3n) is 5.10. The summed E-state index contributed by atoms with van der Waals surface area (Å²) in [5.74, 6) is -0.00485. The Morgan fingerprint density at radius 1 is 1.15 bits per heavy atom. The summed E-state index contributed by atoms with van der Waals surface area (Å²) in [6.45, 7) is 2.44. The Balaban J connectivity index is 1.60. The van der Waals surface area contributed by atoms with Crippen molar-refractivity contribution in [2.45, 2.75) is 51.0 Å². The molecule has 2 aromatic carbocycles. The van der Waals surface area contributed by atoms with Crippen LogP contribution in [0.4, 0.5) is 0 Å². The van der Waals surface area contributed by atoms with E-state index in [0.717, 1.165) is 24.8 Å². The highest BCUT2D eigenvalue weighted by Crippen LogP contribution is 2.29. The predicted octanol–water partition coefficient (Wildman–Crippen LogP) is 3.37. The van der Waals surface area contributed by atoms with Crippen molar-refractivity contribution in [3.8, 4) is 0 Å². The molecule has 4 heteroatoms. The lowest BCUT2D eigenvalue weighted by Gasteiger charge is -2.29. The monoisotopic (exact) mass is 352 g/mol. The zero-order valence-corrected chi connectivity index (χ0v) is 15.6.